The van der Waals surface area contributed by atoms with Crippen LogP contribution < -0.4 is 4.90 Å². The summed E-state index contributed by atoms with van der Waals surface area (Å²) in [5.74, 6) is -2.06. The number of rotatable bonds is 4. The highest BCUT2D eigenvalue weighted by Crippen LogP contribution is 2.43. The maximum Gasteiger partial charge on any atom is 0.354 e. The molecule has 6 rings (SSSR count). The molecule has 1 N–H and O–H groups in total. The van der Waals surface area contributed by atoms with Gasteiger partial charge in [0.25, 0.3) is 5.91 Å². The highest BCUT2D eigenvalue weighted by atomic mass is 35.5. The predicted molar refractivity (Wildman–Crippen MR) is 131 cm³/mol. The van der Waals surface area contributed by atoms with E-state index in [9.17, 15) is 19.5 Å². The van der Waals surface area contributed by atoms with Gasteiger partial charge in [0.1, 0.15) is 0 Å². The molecule has 2 aliphatic rings. The molecule has 0 saturated carbocycles. The fourth-order valence-electron chi connectivity index (χ4n) is 5.18. The summed E-state index contributed by atoms with van der Waals surface area (Å²) in [5, 5.41) is 11.2. The number of aromatic carboxylic acids is 1. The van der Waals surface area contributed by atoms with Crippen LogP contribution in [0.25, 0.3) is 10.9 Å². The lowest BCUT2D eigenvalue weighted by Crippen LogP contribution is -2.43. The van der Waals surface area contributed by atoms with Crippen LogP contribution in [0.3, 0.4) is 0 Å². The first-order chi connectivity index (χ1) is 16.4. The van der Waals surface area contributed by atoms with Crippen LogP contribution in [0.1, 0.15) is 48.1 Å². The quantitative estimate of drug-likeness (QED) is 0.392. The standard InChI is InChI=1S/C26H19ClN2O4S/c27-15-9-10-18-17(11-15)23(24(26(32)33)28(18)13-14-5-2-1-3-6-14)29-21(30)12-20-22(25(29)31)16-7-4-8-19(16)34-20/h1-3,5-6,9-11H,4,7-8,12-13H2,(H,32,33). The number of carboxylic acid groups (broad SMARTS) is 1. The molecule has 0 saturated heterocycles. The van der Waals surface area contributed by atoms with Crippen LogP contribution >= 0.6 is 22.9 Å². The first-order valence-corrected chi connectivity index (χ1v) is 12.2. The molecular formula is C26H19ClN2O4S. The van der Waals surface area contributed by atoms with E-state index in [0.717, 1.165) is 40.2 Å². The van der Waals surface area contributed by atoms with Crippen LogP contribution in [0.4, 0.5) is 5.69 Å². The number of thiophene rings is 1. The molecule has 0 fully saturated rings. The van der Waals surface area contributed by atoms with Crippen molar-refractivity contribution in [1.82, 2.24) is 4.57 Å². The highest BCUT2D eigenvalue weighted by molar-refractivity contribution is 7.12. The van der Waals surface area contributed by atoms with Crippen molar-refractivity contribution >= 4 is 57.3 Å². The van der Waals surface area contributed by atoms with Crippen LogP contribution in [-0.4, -0.2) is 27.5 Å². The monoisotopic (exact) mass is 490 g/mol. The Morgan fingerprint density at radius 3 is 2.62 bits per heavy atom. The van der Waals surface area contributed by atoms with E-state index < -0.39 is 17.8 Å². The Kier molecular flexibility index (Phi) is 4.86. The maximum absolute atomic E-state index is 13.8. The number of fused-ring (bicyclic) bond motifs is 4. The Labute approximate surface area is 204 Å². The smallest absolute Gasteiger partial charge is 0.354 e. The van der Waals surface area contributed by atoms with Crippen molar-refractivity contribution in [1.29, 1.82) is 0 Å². The number of carboxylic acids is 1. The molecule has 34 heavy (non-hydrogen) atoms. The summed E-state index contributed by atoms with van der Waals surface area (Å²) in [7, 11) is 0. The van der Waals surface area contributed by atoms with Gasteiger partial charge in [-0.25, -0.2) is 9.69 Å². The van der Waals surface area contributed by atoms with Crippen molar-refractivity contribution in [2.24, 2.45) is 0 Å². The first kappa shape index (κ1) is 21.1. The molecule has 4 aromatic rings. The number of amides is 2. The van der Waals surface area contributed by atoms with E-state index in [1.807, 2.05) is 30.3 Å². The van der Waals surface area contributed by atoms with E-state index in [1.165, 1.54) is 4.88 Å². The van der Waals surface area contributed by atoms with Crippen molar-refractivity contribution in [3.05, 3.63) is 85.7 Å². The van der Waals surface area contributed by atoms with Crippen LogP contribution in [-0.2, 0) is 30.6 Å². The molecule has 1 aliphatic carbocycles. The zero-order valence-corrected chi connectivity index (χ0v) is 19.6. The van der Waals surface area contributed by atoms with E-state index in [-0.39, 0.29) is 24.3 Å². The summed E-state index contributed by atoms with van der Waals surface area (Å²) in [6.45, 7) is 0.274. The van der Waals surface area contributed by atoms with Crippen LogP contribution in [0.5, 0.6) is 0 Å². The topological polar surface area (TPSA) is 79.6 Å². The molecule has 1 aliphatic heterocycles. The fraction of sp³-hybridized carbons (Fsp3) is 0.192. The van der Waals surface area contributed by atoms with Gasteiger partial charge in [0.15, 0.2) is 5.69 Å². The summed E-state index contributed by atoms with van der Waals surface area (Å²) in [5.41, 5.74) is 3.10. The van der Waals surface area contributed by atoms with E-state index in [2.05, 4.69) is 0 Å². The Hall–Kier alpha value is -3.42. The zero-order chi connectivity index (χ0) is 23.6. The third kappa shape index (κ3) is 3.11. The first-order valence-electron chi connectivity index (χ1n) is 11.0. The SMILES string of the molecule is O=C(O)c1c(N2C(=O)Cc3sc4c(c3C2=O)CCC4)c2cc(Cl)ccc2n1Cc1ccccc1. The number of aryl methyl sites for hydroxylation is 1. The van der Waals surface area contributed by atoms with Gasteiger partial charge in [-0.1, -0.05) is 41.9 Å². The molecule has 6 nitrogen and oxygen atoms in total. The number of hydrogen-bond donors (Lipinski definition) is 1. The number of hydrogen-bond acceptors (Lipinski definition) is 4. The minimum atomic E-state index is -1.21. The van der Waals surface area contributed by atoms with Crippen LogP contribution in [0.15, 0.2) is 48.5 Å². The van der Waals surface area contributed by atoms with Crippen molar-refractivity contribution in [3.63, 3.8) is 0 Å². The van der Waals surface area contributed by atoms with Crippen molar-refractivity contribution < 1.29 is 19.5 Å². The molecule has 2 amide bonds. The third-order valence-electron chi connectivity index (χ3n) is 6.58. The number of nitrogens with zero attached hydrogens (tertiary/aromatic N) is 2. The summed E-state index contributed by atoms with van der Waals surface area (Å²) >= 11 is 7.84. The Morgan fingerprint density at radius 1 is 1.06 bits per heavy atom. The molecule has 3 heterocycles. The highest BCUT2D eigenvalue weighted by Gasteiger charge is 2.41. The van der Waals surface area contributed by atoms with E-state index >= 15 is 0 Å². The molecule has 2 aromatic heterocycles. The van der Waals surface area contributed by atoms with Gasteiger partial charge in [-0.3, -0.25) is 9.59 Å². The number of carbonyl (C=O) groups is 3. The molecule has 0 atom stereocenters. The normalized spacial score (nSPS) is 15.1. The minimum Gasteiger partial charge on any atom is -0.477 e. The molecule has 170 valence electrons. The molecule has 2 aromatic carbocycles. The second kappa shape index (κ2) is 7.82. The Morgan fingerprint density at radius 2 is 1.85 bits per heavy atom. The van der Waals surface area contributed by atoms with Crippen molar-refractivity contribution in [2.75, 3.05) is 4.90 Å². The summed E-state index contributed by atoms with van der Waals surface area (Å²) < 4.78 is 1.65. The summed E-state index contributed by atoms with van der Waals surface area (Å²) in [4.78, 5) is 42.8. The molecule has 0 bridgehead atoms. The largest absolute Gasteiger partial charge is 0.477 e. The Bertz CT molecular complexity index is 1520. The average molecular weight is 491 g/mol. The van der Waals surface area contributed by atoms with Gasteiger partial charge in [-0.2, -0.15) is 0 Å². The number of aromatic nitrogens is 1. The number of carbonyl (C=O) groups excluding carboxylic acids is 2. The van der Waals surface area contributed by atoms with Crippen molar-refractivity contribution in [3.8, 4) is 0 Å². The van der Waals surface area contributed by atoms with Crippen LogP contribution in [0.2, 0.25) is 5.02 Å². The van der Waals surface area contributed by atoms with E-state index in [4.69, 9.17) is 11.6 Å². The van der Waals surface area contributed by atoms with Gasteiger partial charge in [0.05, 0.1) is 23.2 Å². The third-order valence-corrected chi connectivity index (χ3v) is 8.11. The maximum atomic E-state index is 13.8. The average Bonchev–Trinajstić information content (AvgIpc) is 3.46. The molecular weight excluding hydrogens is 472 g/mol. The lowest BCUT2D eigenvalue weighted by atomic mass is 10.0. The molecule has 0 spiro atoms. The number of halogens is 1. The zero-order valence-electron chi connectivity index (χ0n) is 18.0. The van der Waals surface area contributed by atoms with E-state index in [1.54, 1.807) is 34.1 Å². The van der Waals surface area contributed by atoms with Gasteiger partial charge < -0.3 is 9.67 Å². The van der Waals surface area contributed by atoms with Gasteiger partial charge in [0.2, 0.25) is 5.91 Å². The van der Waals surface area contributed by atoms with E-state index in [0.29, 0.717) is 21.5 Å². The lowest BCUT2D eigenvalue weighted by Gasteiger charge is -2.26. The van der Waals surface area contributed by atoms with Gasteiger partial charge in [-0.05, 0) is 48.6 Å². The number of anilines is 1. The second-order valence-corrected chi connectivity index (χ2v) is 10.2. The van der Waals surface area contributed by atoms with Crippen LogP contribution in [0, 0.1) is 0 Å². The number of benzene rings is 2. The van der Waals surface area contributed by atoms with Gasteiger partial charge in [-0.15, -0.1) is 11.3 Å². The fourth-order valence-corrected chi connectivity index (χ4v) is 6.74. The number of imide groups is 1. The molecule has 0 radical (unpaired) electrons. The van der Waals surface area contributed by atoms with Gasteiger partial charge >= 0.3 is 5.97 Å². The summed E-state index contributed by atoms with van der Waals surface area (Å²) in [6, 6.07) is 14.5. The predicted octanol–water partition coefficient (Wildman–Crippen LogP) is 5.32. The molecule has 8 heteroatoms. The Balaban J connectivity index is 1.60. The lowest BCUT2D eigenvalue weighted by molar-refractivity contribution is -0.117. The summed E-state index contributed by atoms with van der Waals surface area (Å²) in [6.07, 6.45) is 2.80. The molecule has 0 unspecified atom stereocenters. The van der Waals surface area contributed by atoms with Gasteiger partial charge in [0, 0.05) is 26.7 Å². The second-order valence-electron chi connectivity index (χ2n) is 8.60. The minimum absolute atomic E-state index is 0.0870. The van der Waals surface area contributed by atoms with Crippen molar-refractivity contribution in [2.45, 2.75) is 32.2 Å².